The molecule has 54 heavy (non-hydrogen) atoms. The first-order valence-corrected chi connectivity index (χ1v) is 19.6. The molecule has 0 aliphatic carbocycles. The summed E-state index contributed by atoms with van der Waals surface area (Å²) in [4.78, 5) is 20.6. The Kier molecular flexibility index (Phi) is 7.85. The van der Waals surface area contributed by atoms with Gasteiger partial charge in [0, 0.05) is 47.0 Å². The summed E-state index contributed by atoms with van der Waals surface area (Å²) in [5, 5.41) is 4.34. The van der Waals surface area contributed by atoms with Crippen molar-refractivity contribution in [2.24, 2.45) is 0 Å². The SMILES string of the molecule is c1ccc(-c2nc(-c3cccc(S(c4ccccc4)(c4ccccc4)c4ccccc4)c3)nc(-c3cccc4c3ccc3oc5ccccc5c34)n2)cc1. The van der Waals surface area contributed by atoms with Crippen molar-refractivity contribution in [1.82, 2.24) is 15.0 Å². The summed E-state index contributed by atoms with van der Waals surface area (Å²) >= 11 is 0. The highest BCUT2D eigenvalue weighted by Gasteiger charge is 2.33. The van der Waals surface area contributed by atoms with Crippen LogP contribution in [0, 0.1) is 0 Å². The second-order valence-corrected chi connectivity index (χ2v) is 16.3. The summed E-state index contributed by atoms with van der Waals surface area (Å²) in [6.45, 7) is 0. The second kappa shape index (κ2) is 13.3. The molecule has 10 aromatic rings. The summed E-state index contributed by atoms with van der Waals surface area (Å²) in [5.74, 6) is 1.87. The first-order valence-electron chi connectivity index (χ1n) is 18.0. The molecule has 0 saturated heterocycles. The minimum atomic E-state index is -1.91. The fourth-order valence-corrected chi connectivity index (χ4v) is 11.5. The average molecular weight is 712 g/mol. The molecule has 256 valence electrons. The van der Waals surface area contributed by atoms with Gasteiger partial charge in [0.1, 0.15) is 11.2 Å². The van der Waals surface area contributed by atoms with E-state index in [2.05, 4.69) is 170 Å². The van der Waals surface area contributed by atoms with Crippen LogP contribution < -0.4 is 0 Å². The minimum Gasteiger partial charge on any atom is -0.456 e. The Morgan fingerprint density at radius 1 is 0.333 bits per heavy atom. The smallest absolute Gasteiger partial charge is 0.164 e. The highest BCUT2D eigenvalue weighted by atomic mass is 32.3. The van der Waals surface area contributed by atoms with Crippen molar-refractivity contribution < 1.29 is 4.42 Å². The number of fused-ring (bicyclic) bond motifs is 5. The Hall–Kier alpha value is -6.82. The third-order valence-corrected chi connectivity index (χ3v) is 13.9. The van der Waals surface area contributed by atoms with Gasteiger partial charge in [0.2, 0.25) is 0 Å². The van der Waals surface area contributed by atoms with Crippen LogP contribution in [-0.2, 0) is 0 Å². The van der Waals surface area contributed by atoms with E-state index in [1.54, 1.807) is 0 Å². The Labute approximate surface area is 314 Å². The molecule has 0 atom stereocenters. The maximum Gasteiger partial charge on any atom is 0.164 e. The van der Waals surface area contributed by atoms with Gasteiger partial charge in [0.15, 0.2) is 17.5 Å². The highest BCUT2D eigenvalue weighted by Crippen LogP contribution is 2.73. The number of benzene rings is 8. The molecule has 0 amide bonds. The maximum absolute atomic E-state index is 6.26. The van der Waals surface area contributed by atoms with Crippen LogP contribution in [-0.4, -0.2) is 15.0 Å². The molecule has 0 fully saturated rings. The van der Waals surface area contributed by atoms with Crippen molar-refractivity contribution in [3.8, 4) is 34.2 Å². The lowest BCUT2D eigenvalue weighted by molar-refractivity contribution is 0.669. The predicted octanol–water partition coefficient (Wildman–Crippen LogP) is 13.3. The second-order valence-electron chi connectivity index (χ2n) is 13.2. The van der Waals surface area contributed by atoms with E-state index in [1.807, 2.05) is 30.3 Å². The van der Waals surface area contributed by atoms with E-state index in [9.17, 15) is 0 Å². The molecular weight excluding hydrogens is 679 g/mol. The van der Waals surface area contributed by atoms with Crippen molar-refractivity contribution in [2.75, 3.05) is 0 Å². The van der Waals surface area contributed by atoms with Gasteiger partial charge in [-0.2, -0.15) is 0 Å². The van der Waals surface area contributed by atoms with Gasteiger partial charge < -0.3 is 4.42 Å². The van der Waals surface area contributed by atoms with E-state index >= 15 is 0 Å². The lowest BCUT2D eigenvalue weighted by atomic mass is 9.99. The molecule has 5 heteroatoms. The molecule has 2 aromatic heterocycles. The van der Waals surface area contributed by atoms with E-state index < -0.39 is 10.0 Å². The topological polar surface area (TPSA) is 51.8 Å². The summed E-state index contributed by atoms with van der Waals surface area (Å²) in [6.07, 6.45) is 0. The van der Waals surface area contributed by atoms with Crippen molar-refractivity contribution in [3.63, 3.8) is 0 Å². The van der Waals surface area contributed by atoms with Gasteiger partial charge in [-0.3, -0.25) is 0 Å². The summed E-state index contributed by atoms with van der Waals surface area (Å²) in [6, 6.07) is 70.4. The molecule has 0 N–H and O–H groups in total. The zero-order valence-electron chi connectivity index (χ0n) is 29.2. The Morgan fingerprint density at radius 2 is 0.833 bits per heavy atom. The summed E-state index contributed by atoms with van der Waals surface area (Å²) in [5.41, 5.74) is 4.53. The normalized spacial score (nSPS) is 12.0. The van der Waals surface area contributed by atoms with E-state index in [1.165, 1.54) is 19.6 Å². The minimum absolute atomic E-state index is 0.620. The lowest BCUT2D eigenvalue weighted by Gasteiger charge is -2.42. The van der Waals surface area contributed by atoms with Gasteiger partial charge in [0.25, 0.3) is 0 Å². The van der Waals surface area contributed by atoms with Crippen LogP contribution in [0.3, 0.4) is 0 Å². The molecule has 0 unspecified atom stereocenters. The summed E-state index contributed by atoms with van der Waals surface area (Å²) in [7, 11) is -1.91. The fourth-order valence-electron chi connectivity index (χ4n) is 7.63. The van der Waals surface area contributed by atoms with Crippen LogP contribution in [0.25, 0.3) is 66.9 Å². The number of para-hydroxylation sites is 1. The maximum atomic E-state index is 6.26. The molecule has 0 radical (unpaired) electrons. The van der Waals surface area contributed by atoms with Gasteiger partial charge in [-0.15, -0.1) is 10.0 Å². The number of nitrogens with zero attached hydrogens (tertiary/aromatic N) is 3. The molecule has 0 bridgehead atoms. The van der Waals surface area contributed by atoms with E-state index in [0.29, 0.717) is 17.5 Å². The van der Waals surface area contributed by atoms with Crippen LogP contribution in [0.4, 0.5) is 0 Å². The first-order chi connectivity index (χ1) is 26.8. The van der Waals surface area contributed by atoms with Crippen LogP contribution in [0.1, 0.15) is 0 Å². The van der Waals surface area contributed by atoms with Gasteiger partial charge in [0.05, 0.1) is 0 Å². The van der Waals surface area contributed by atoms with Gasteiger partial charge >= 0.3 is 0 Å². The quantitative estimate of drug-likeness (QED) is 0.165. The van der Waals surface area contributed by atoms with Gasteiger partial charge in [-0.25, -0.2) is 15.0 Å². The molecule has 0 aliphatic rings. The van der Waals surface area contributed by atoms with Crippen LogP contribution >= 0.6 is 10.0 Å². The zero-order valence-corrected chi connectivity index (χ0v) is 30.0. The van der Waals surface area contributed by atoms with Crippen molar-refractivity contribution in [1.29, 1.82) is 0 Å². The molecule has 0 aliphatic heterocycles. The molecular formula is C49H33N3OS. The third-order valence-electron chi connectivity index (χ3n) is 10.0. The predicted molar refractivity (Wildman–Crippen MR) is 221 cm³/mol. The Balaban J connectivity index is 1.22. The van der Waals surface area contributed by atoms with E-state index in [0.717, 1.165) is 49.4 Å². The lowest BCUT2D eigenvalue weighted by Crippen LogP contribution is -2.06. The zero-order chi connectivity index (χ0) is 35.9. The third kappa shape index (κ3) is 5.28. The summed E-state index contributed by atoms with van der Waals surface area (Å²) < 4.78 is 6.26. The van der Waals surface area contributed by atoms with Crippen molar-refractivity contribution in [2.45, 2.75) is 19.6 Å². The number of aromatic nitrogens is 3. The molecule has 0 saturated carbocycles. The van der Waals surface area contributed by atoms with Gasteiger partial charge in [-0.1, -0.05) is 133 Å². The number of rotatable bonds is 7. The van der Waals surface area contributed by atoms with Crippen LogP contribution in [0.2, 0.25) is 0 Å². The van der Waals surface area contributed by atoms with E-state index in [-0.39, 0.29) is 0 Å². The molecule has 0 spiro atoms. The molecule has 10 rings (SSSR count). The average Bonchev–Trinajstić information content (AvgIpc) is 3.65. The molecule has 2 heterocycles. The largest absolute Gasteiger partial charge is 0.456 e. The van der Waals surface area contributed by atoms with Crippen LogP contribution in [0.5, 0.6) is 0 Å². The van der Waals surface area contributed by atoms with Crippen molar-refractivity contribution >= 4 is 42.7 Å². The molecule has 4 nitrogen and oxygen atoms in total. The standard InChI is InChI=1S/C49H33N3OS/c1-5-17-34(18-6-1)47-50-48(52-49(51-47)42-29-16-28-41-40(42)31-32-45-46(41)43-27-13-14-30-44(43)53-45)35-19-15-26-39(33-35)54(36-20-7-2-8-21-36,37-22-9-3-10-23-37)38-24-11-4-12-25-38/h1-33H. The Morgan fingerprint density at radius 3 is 1.50 bits per heavy atom. The first kappa shape index (κ1) is 31.9. The number of furan rings is 1. The monoisotopic (exact) mass is 711 g/mol. The van der Waals surface area contributed by atoms with Crippen LogP contribution in [0.15, 0.2) is 224 Å². The highest BCUT2D eigenvalue weighted by molar-refractivity contribution is 8.34. The Bertz CT molecular complexity index is 2830. The molecule has 8 aromatic carbocycles. The van der Waals surface area contributed by atoms with E-state index in [4.69, 9.17) is 19.4 Å². The number of hydrogen-bond donors (Lipinski definition) is 0. The van der Waals surface area contributed by atoms with Crippen molar-refractivity contribution in [3.05, 3.63) is 200 Å². The fraction of sp³-hybridized carbons (Fsp3) is 0. The number of hydrogen-bond acceptors (Lipinski definition) is 4. The van der Waals surface area contributed by atoms with Gasteiger partial charge in [-0.05, 0) is 77.5 Å².